The van der Waals surface area contributed by atoms with Gasteiger partial charge in [-0.1, -0.05) is 26.0 Å². The quantitative estimate of drug-likeness (QED) is 0.852. The van der Waals surface area contributed by atoms with E-state index >= 15 is 0 Å². The number of imide groups is 1. The number of carboxylic acid groups (broad SMARTS) is 1. The molecule has 1 N–H and O–H groups in total. The summed E-state index contributed by atoms with van der Waals surface area (Å²) >= 11 is 0. The number of carbonyl (C=O) groups is 3. The van der Waals surface area contributed by atoms with E-state index in [1.165, 1.54) is 0 Å². The lowest BCUT2D eigenvalue weighted by Gasteiger charge is -2.24. The lowest BCUT2D eigenvalue weighted by Crippen LogP contribution is -2.49. The van der Waals surface area contributed by atoms with Gasteiger partial charge in [0.05, 0.1) is 11.1 Å². The highest BCUT2D eigenvalue weighted by molar-refractivity contribution is 6.23. The number of nitrogens with zero attached hydrogens (tertiary/aromatic N) is 1. The monoisotopic (exact) mass is 273 g/mol. The molecule has 1 aromatic rings. The van der Waals surface area contributed by atoms with Gasteiger partial charge < -0.3 is 5.11 Å². The Morgan fingerprint density at radius 2 is 1.75 bits per heavy atom. The molecule has 20 heavy (non-hydrogen) atoms. The maximum Gasteiger partial charge on any atom is 0.330 e. The topological polar surface area (TPSA) is 74.7 Å². The molecule has 1 saturated carbocycles. The second-order valence-electron chi connectivity index (χ2n) is 5.78. The van der Waals surface area contributed by atoms with Gasteiger partial charge >= 0.3 is 5.97 Å². The largest absolute Gasteiger partial charge is 0.479 e. The highest BCUT2D eigenvalue weighted by Gasteiger charge is 2.69. The van der Waals surface area contributed by atoms with E-state index in [0.29, 0.717) is 17.5 Å². The second-order valence-corrected chi connectivity index (χ2v) is 5.78. The number of hydrogen-bond acceptors (Lipinski definition) is 3. The fraction of sp³-hybridized carbons (Fsp3) is 0.400. The number of carbonyl (C=O) groups excluding carboxylic acids is 2. The van der Waals surface area contributed by atoms with Crippen molar-refractivity contribution < 1.29 is 19.5 Å². The van der Waals surface area contributed by atoms with Crippen LogP contribution in [0.5, 0.6) is 0 Å². The van der Waals surface area contributed by atoms with Crippen molar-refractivity contribution in [1.29, 1.82) is 0 Å². The number of amides is 2. The highest BCUT2D eigenvalue weighted by atomic mass is 16.4. The van der Waals surface area contributed by atoms with E-state index in [2.05, 4.69) is 0 Å². The van der Waals surface area contributed by atoms with E-state index in [9.17, 15) is 19.5 Å². The van der Waals surface area contributed by atoms with Crippen LogP contribution in [0, 0.1) is 11.8 Å². The average Bonchev–Trinajstić information content (AvgIpc) is 3.10. The molecule has 5 heteroatoms. The van der Waals surface area contributed by atoms with Gasteiger partial charge in [0.15, 0.2) is 5.54 Å². The van der Waals surface area contributed by atoms with Crippen molar-refractivity contribution in [2.75, 3.05) is 0 Å². The van der Waals surface area contributed by atoms with Crippen molar-refractivity contribution in [2.24, 2.45) is 11.8 Å². The van der Waals surface area contributed by atoms with E-state index in [1.54, 1.807) is 24.3 Å². The van der Waals surface area contributed by atoms with Crippen LogP contribution in [0.15, 0.2) is 24.3 Å². The first kappa shape index (κ1) is 12.8. The molecule has 2 amide bonds. The van der Waals surface area contributed by atoms with Crippen LogP contribution in [0.1, 0.15) is 41.0 Å². The smallest absolute Gasteiger partial charge is 0.330 e. The third kappa shape index (κ3) is 1.40. The molecule has 3 rings (SSSR count). The van der Waals surface area contributed by atoms with Crippen molar-refractivity contribution in [3.05, 3.63) is 35.4 Å². The highest BCUT2D eigenvalue weighted by Crippen LogP contribution is 2.55. The molecular weight excluding hydrogens is 258 g/mol. The predicted octanol–water partition coefficient (Wildman–Crippen LogP) is 1.78. The Bertz CT molecular complexity index is 602. The summed E-state index contributed by atoms with van der Waals surface area (Å²) < 4.78 is 0. The summed E-state index contributed by atoms with van der Waals surface area (Å²) in [6.07, 6.45) is 0.339. The second kappa shape index (κ2) is 3.91. The first-order valence-corrected chi connectivity index (χ1v) is 6.62. The Balaban J connectivity index is 2.07. The molecule has 5 nitrogen and oxygen atoms in total. The molecule has 0 radical (unpaired) electrons. The van der Waals surface area contributed by atoms with Gasteiger partial charge in [-0.2, -0.15) is 0 Å². The summed E-state index contributed by atoms with van der Waals surface area (Å²) in [6.45, 7) is 3.82. The summed E-state index contributed by atoms with van der Waals surface area (Å²) in [5, 5.41) is 9.55. The molecule has 1 aliphatic carbocycles. The molecule has 0 saturated heterocycles. The molecule has 2 atom stereocenters. The molecule has 0 unspecified atom stereocenters. The van der Waals surface area contributed by atoms with Crippen LogP contribution >= 0.6 is 0 Å². The van der Waals surface area contributed by atoms with Crippen molar-refractivity contribution in [3.63, 3.8) is 0 Å². The number of rotatable bonds is 3. The zero-order valence-electron chi connectivity index (χ0n) is 11.3. The van der Waals surface area contributed by atoms with Gasteiger partial charge in [0.1, 0.15) is 0 Å². The third-order valence-electron chi connectivity index (χ3n) is 4.35. The predicted molar refractivity (Wildman–Crippen MR) is 70.3 cm³/mol. The number of carboxylic acids is 1. The number of benzene rings is 1. The zero-order chi connectivity index (χ0) is 14.7. The molecule has 2 aliphatic rings. The van der Waals surface area contributed by atoms with E-state index in [4.69, 9.17) is 0 Å². The van der Waals surface area contributed by atoms with Crippen molar-refractivity contribution in [3.8, 4) is 0 Å². The van der Waals surface area contributed by atoms with Crippen LogP contribution < -0.4 is 0 Å². The summed E-state index contributed by atoms with van der Waals surface area (Å²) in [5.41, 5.74) is -0.762. The Morgan fingerprint density at radius 3 is 2.10 bits per heavy atom. The fourth-order valence-electron chi connectivity index (χ4n) is 3.21. The van der Waals surface area contributed by atoms with Gasteiger partial charge in [-0.05, 0) is 30.4 Å². The van der Waals surface area contributed by atoms with Gasteiger partial charge in [-0.3, -0.25) is 14.5 Å². The van der Waals surface area contributed by atoms with Gasteiger partial charge in [-0.15, -0.1) is 0 Å². The molecule has 1 heterocycles. The standard InChI is InChI=1S/C15H15NO4/c1-8(2)11-7-15(11,14(19)20)16-12(17)9-5-3-4-6-10(9)13(16)18/h3-6,8,11H,7H2,1-2H3,(H,19,20)/t11-,15-/m0/s1. The Labute approximate surface area is 116 Å². The SMILES string of the molecule is CC(C)[C@@H]1C[C@]1(C(=O)O)N1C(=O)c2ccccc2C1=O. The molecular formula is C15H15NO4. The number of aliphatic carboxylic acids is 1. The summed E-state index contributed by atoms with van der Waals surface area (Å²) in [5.74, 6) is -2.14. The van der Waals surface area contributed by atoms with Crippen molar-refractivity contribution in [1.82, 2.24) is 4.90 Å². The molecule has 1 fully saturated rings. The van der Waals surface area contributed by atoms with Gasteiger partial charge in [0.2, 0.25) is 0 Å². The molecule has 0 bridgehead atoms. The Hall–Kier alpha value is -2.17. The molecule has 0 spiro atoms. The first-order chi connectivity index (χ1) is 9.41. The van der Waals surface area contributed by atoms with Crippen LogP contribution in [0.25, 0.3) is 0 Å². The van der Waals surface area contributed by atoms with Gasteiger partial charge in [-0.25, -0.2) is 4.79 Å². The van der Waals surface area contributed by atoms with E-state index < -0.39 is 23.3 Å². The fourth-order valence-corrected chi connectivity index (χ4v) is 3.21. The summed E-state index contributed by atoms with van der Waals surface area (Å²) in [7, 11) is 0. The van der Waals surface area contributed by atoms with E-state index in [1.807, 2.05) is 13.8 Å². The summed E-state index contributed by atoms with van der Waals surface area (Å²) in [6, 6.07) is 6.48. The molecule has 1 aliphatic heterocycles. The lowest BCUT2D eigenvalue weighted by atomic mass is 10.0. The Morgan fingerprint density at radius 1 is 1.25 bits per heavy atom. The van der Waals surface area contributed by atoms with Crippen LogP contribution in [0.4, 0.5) is 0 Å². The Kier molecular flexibility index (Phi) is 2.51. The maximum atomic E-state index is 12.4. The minimum Gasteiger partial charge on any atom is -0.479 e. The third-order valence-corrected chi connectivity index (χ3v) is 4.35. The first-order valence-electron chi connectivity index (χ1n) is 6.62. The molecule has 1 aromatic carbocycles. The van der Waals surface area contributed by atoms with E-state index in [0.717, 1.165) is 4.90 Å². The van der Waals surface area contributed by atoms with Crippen molar-refractivity contribution >= 4 is 17.8 Å². The maximum absolute atomic E-state index is 12.4. The zero-order valence-corrected chi connectivity index (χ0v) is 11.3. The van der Waals surface area contributed by atoms with Crippen LogP contribution in [-0.2, 0) is 4.79 Å². The number of hydrogen-bond donors (Lipinski definition) is 1. The molecule has 104 valence electrons. The summed E-state index contributed by atoms with van der Waals surface area (Å²) in [4.78, 5) is 37.5. The van der Waals surface area contributed by atoms with E-state index in [-0.39, 0.29) is 11.8 Å². The van der Waals surface area contributed by atoms with Crippen LogP contribution in [0.3, 0.4) is 0 Å². The normalized spacial score (nSPS) is 27.9. The minimum atomic E-state index is -1.36. The van der Waals surface area contributed by atoms with Crippen LogP contribution in [0.2, 0.25) is 0 Å². The lowest BCUT2D eigenvalue weighted by molar-refractivity contribution is -0.144. The number of fused-ring (bicyclic) bond motifs is 1. The molecule has 0 aromatic heterocycles. The van der Waals surface area contributed by atoms with Crippen LogP contribution in [-0.4, -0.2) is 33.3 Å². The average molecular weight is 273 g/mol. The minimum absolute atomic E-state index is 0.107. The van der Waals surface area contributed by atoms with Crippen molar-refractivity contribution in [2.45, 2.75) is 25.8 Å². The van der Waals surface area contributed by atoms with Gasteiger partial charge in [0.25, 0.3) is 11.8 Å². The van der Waals surface area contributed by atoms with Gasteiger partial charge in [0, 0.05) is 0 Å².